The fourth-order valence-electron chi connectivity index (χ4n) is 3.37. The van der Waals surface area contributed by atoms with Gasteiger partial charge in [-0.05, 0) is 6.92 Å². The predicted octanol–water partition coefficient (Wildman–Crippen LogP) is 1.77. The standard InChI is InChI=1S/C15H21N3O4/c1-9-7-17(8-10(2)15(9,3)19)13-11-4-5-22-14(11)16-6-12(13)18(20)21/h6,9-10,19H,4-5,7-8H2,1-3H3/t9-,10+,15-. The summed E-state index contributed by atoms with van der Waals surface area (Å²) in [4.78, 5) is 17.1. The van der Waals surface area contributed by atoms with E-state index in [1.807, 2.05) is 25.7 Å². The van der Waals surface area contributed by atoms with Gasteiger partial charge in [-0.1, -0.05) is 13.8 Å². The quantitative estimate of drug-likeness (QED) is 0.661. The molecule has 0 unspecified atom stereocenters. The molecule has 0 saturated carbocycles. The fourth-order valence-corrected chi connectivity index (χ4v) is 3.37. The molecule has 1 aromatic rings. The van der Waals surface area contributed by atoms with Crippen LogP contribution in [0.4, 0.5) is 11.4 Å². The van der Waals surface area contributed by atoms with Gasteiger partial charge in [0.2, 0.25) is 5.88 Å². The molecule has 0 radical (unpaired) electrons. The van der Waals surface area contributed by atoms with Gasteiger partial charge in [-0.25, -0.2) is 4.98 Å². The highest BCUT2D eigenvalue weighted by molar-refractivity contribution is 5.70. The lowest BCUT2D eigenvalue weighted by atomic mass is 9.76. The summed E-state index contributed by atoms with van der Waals surface area (Å²) in [6.45, 7) is 7.46. The van der Waals surface area contributed by atoms with E-state index in [2.05, 4.69) is 4.98 Å². The molecule has 1 saturated heterocycles. The van der Waals surface area contributed by atoms with Crippen molar-refractivity contribution in [1.82, 2.24) is 4.98 Å². The molecule has 0 bridgehead atoms. The second-order valence-electron chi connectivity index (χ2n) is 6.56. The number of rotatable bonds is 2. The molecule has 7 nitrogen and oxygen atoms in total. The van der Waals surface area contributed by atoms with E-state index in [0.29, 0.717) is 37.7 Å². The average molecular weight is 307 g/mol. The minimum absolute atomic E-state index is 0.0157. The van der Waals surface area contributed by atoms with E-state index < -0.39 is 5.60 Å². The van der Waals surface area contributed by atoms with Crippen LogP contribution in [-0.2, 0) is 6.42 Å². The van der Waals surface area contributed by atoms with Crippen molar-refractivity contribution in [3.63, 3.8) is 0 Å². The third kappa shape index (κ3) is 2.20. The van der Waals surface area contributed by atoms with Crippen LogP contribution in [-0.4, -0.2) is 40.3 Å². The lowest BCUT2D eigenvalue weighted by Gasteiger charge is -2.46. The summed E-state index contributed by atoms with van der Waals surface area (Å²) in [6, 6.07) is 0. The maximum Gasteiger partial charge on any atom is 0.311 e. The number of nitrogens with zero attached hydrogens (tertiary/aromatic N) is 3. The maximum atomic E-state index is 11.4. The maximum absolute atomic E-state index is 11.4. The van der Waals surface area contributed by atoms with E-state index in [4.69, 9.17) is 4.74 Å². The van der Waals surface area contributed by atoms with Gasteiger partial charge in [-0.15, -0.1) is 0 Å². The van der Waals surface area contributed by atoms with Crippen molar-refractivity contribution in [2.45, 2.75) is 32.8 Å². The van der Waals surface area contributed by atoms with Gasteiger partial charge in [0.1, 0.15) is 11.9 Å². The van der Waals surface area contributed by atoms with E-state index in [1.54, 1.807) is 0 Å². The van der Waals surface area contributed by atoms with E-state index in [0.717, 1.165) is 5.56 Å². The molecule has 0 aromatic carbocycles. The Bertz CT molecular complexity index is 603. The minimum atomic E-state index is -0.766. The third-order valence-corrected chi connectivity index (χ3v) is 5.18. The molecule has 7 heteroatoms. The topological polar surface area (TPSA) is 88.7 Å². The first-order valence-electron chi connectivity index (χ1n) is 7.58. The lowest BCUT2D eigenvalue weighted by molar-refractivity contribution is -0.384. The molecule has 1 fully saturated rings. The number of piperidine rings is 1. The molecule has 1 aromatic heterocycles. The summed E-state index contributed by atoms with van der Waals surface area (Å²) in [6.07, 6.45) is 1.91. The van der Waals surface area contributed by atoms with Gasteiger partial charge in [0.05, 0.1) is 17.1 Å². The molecule has 3 atom stereocenters. The van der Waals surface area contributed by atoms with Gasteiger partial charge in [-0.2, -0.15) is 0 Å². The Morgan fingerprint density at radius 1 is 1.45 bits per heavy atom. The molecule has 1 N–H and O–H groups in total. The monoisotopic (exact) mass is 307 g/mol. The fraction of sp³-hybridized carbons (Fsp3) is 0.667. The largest absolute Gasteiger partial charge is 0.477 e. The summed E-state index contributed by atoms with van der Waals surface area (Å²) in [5.74, 6) is 0.530. The molecule has 22 heavy (non-hydrogen) atoms. The Hall–Kier alpha value is -1.89. The number of nitro groups is 1. The van der Waals surface area contributed by atoms with Gasteiger partial charge in [0.15, 0.2) is 0 Å². The van der Waals surface area contributed by atoms with Crippen LogP contribution in [0.5, 0.6) is 5.88 Å². The summed E-state index contributed by atoms with van der Waals surface area (Å²) in [5, 5.41) is 22.0. The molecule has 3 rings (SSSR count). The zero-order valence-electron chi connectivity index (χ0n) is 13.1. The van der Waals surface area contributed by atoms with Crippen LogP contribution in [0, 0.1) is 22.0 Å². The van der Waals surface area contributed by atoms with Crippen molar-refractivity contribution < 1.29 is 14.8 Å². The van der Waals surface area contributed by atoms with Crippen molar-refractivity contribution in [2.24, 2.45) is 11.8 Å². The van der Waals surface area contributed by atoms with Crippen LogP contribution in [0.2, 0.25) is 0 Å². The molecule has 0 amide bonds. The predicted molar refractivity (Wildman–Crippen MR) is 81.3 cm³/mol. The van der Waals surface area contributed by atoms with Crippen molar-refractivity contribution >= 4 is 11.4 Å². The van der Waals surface area contributed by atoms with Crippen molar-refractivity contribution in [1.29, 1.82) is 0 Å². The first kappa shape index (κ1) is 15.0. The summed E-state index contributed by atoms with van der Waals surface area (Å²) >= 11 is 0. The summed E-state index contributed by atoms with van der Waals surface area (Å²) in [5.41, 5.74) is 0.680. The van der Waals surface area contributed by atoms with Crippen LogP contribution in [0.1, 0.15) is 26.3 Å². The number of aliphatic hydroxyl groups is 1. The molecule has 2 aliphatic rings. The molecular formula is C15H21N3O4. The average Bonchev–Trinajstić information content (AvgIpc) is 2.91. The zero-order chi connectivity index (χ0) is 16.1. The Morgan fingerprint density at radius 2 is 2.09 bits per heavy atom. The second kappa shape index (κ2) is 5.08. The molecule has 120 valence electrons. The van der Waals surface area contributed by atoms with Crippen molar-refractivity contribution in [2.75, 3.05) is 24.6 Å². The van der Waals surface area contributed by atoms with E-state index in [1.165, 1.54) is 6.20 Å². The van der Waals surface area contributed by atoms with Crippen molar-refractivity contribution in [3.8, 4) is 5.88 Å². The van der Waals surface area contributed by atoms with Crippen LogP contribution in [0.15, 0.2) is 6.20 Å². The number of anilines is 1. The summed E-state index contributed by atoms with van der Waals surface area (Å²) < 4.78 is 5.45. The van der Waals surface area contributed by atoms with Crippen LogP contribution in [0.3, 0.4) is 0 Å². The van der Waals surface area contributed by atoms with Gasteiger partial charge >= 0.3 is 5.69 Å². The third-order valence-electron chi connectivity index (χ3n) is 5.18. The van der Waals surface area contributed by atoms with Gasteiger partial charge in [0.25, 0.3) is 0 Å². The minimum Gasteiger partial charge on any atom is -0.477 e. The number of hydrogen-bond donors (Lipinski definition) is 1. The second-order valence-corrected chi connectivity index (χ2v) is 6.56. The number of hydrogen-bond acceptors (Lipinski definition) is 6. The van der Waals surface area contributed by atoms with Crippen molar-refractivity contribution in [3.05, 3.63) is 21.9 Å². The molecule has 3 heterocycles. The van der Waals surface area contributed by atoms with E-state index >= 15 is 0 Å². The smallest absolute Gasteiger partial charge is 0.311 e. The van der Waals surface area contributed by atoms with Gasteiger partial charge in [0, 0.05) is 36.9 Å². The Kier molecular flexibility index (Phi) is 3.47. The van der Waals surface area contributed by atoms with Crippen LogP contribution in [0.25, 0.3) is 0 Å². The normalized spacial score (nSPS) is 30.8. The van der Waals surface area contributed by atoms with Crippen LogP contribution >= 0.6 is 0 Å². The molecule has 2 aliphatic heterocycles. The summed E-state index contributed by atoms with van der Waals surface area (Å²) in [7, 11) is 0. The number of fused-ring (bicyclic) bond motifs is 1. The van der Waals surface area contributed by atoms with E-state index in [9.17, 15) is 15.2 Å². The van der Waals surface area contributed by atoms with Gasteiger partial charge in [-0.3, -0.25) is 10.1 Å². The highest BCUT2D eigenvalue weighted by Gasteiger charge is 2.43. The first-order chi connectivity index (χ1) is 10.3. The molecular weight excluding hydrogens is 286 g/mol. The zero-order valence-corrected chi connectivity index (χ0v) is 13.1. The molecule has 0 aliphatic carbocycles. The highest BCUT2D eigenvalue weighted by atomic mass is 16.6. The number of ether oxygens (including phenoxy) is 1. The van der Waals surface area contributed by atoms with E-state index in [-0.39, 0.29) is 22.4 Å². The highest BCUT2D eigenvalue weighted by Crippen LogP contribution is 2.43. The molecule has 0 spiro atoms. The Morgan fingerprint density at radius 3 is 2.68 bits per heavy atom. The lowest BCUT2D eigenvalue weighted by Crippen LogP contribution is -2.55. The number of aromatic nitrogens is 1. The number of pyridine rings is 1. The Labute approximate surface area is 129 Å². The SMILES string of the molecule is C[C@@H]1CN(c2c([N+](=O)[O-])cnc3c2CCO3)C[C@H](C)[C@]1(C)O. The van der Waals surface area contributed by atoms with Gasteiger partial charge < -0.3 is 14.7 Å². The van der Waals surface area contributed by atoms with Crippen LogP contribution < -0.4 is 9.64 Å². The Balaban J connectivity index is 2.05. The first-order valence-corrected chi connectivity index (χ1v) is 7.58.